The SMILES string of the molecule is [2H]C1([2H])C[C@@]([2H])(c2ccc(F)cc2)C(COc2ccc3c(c2)OC([2H])([2H])O3)CN1. The van der Waals surface area contributed by atoms with Crippen molar-refractivity contribution in [3.8, 4) is 17.2 Å². The van der Waals surface area contributed by atoms with Gasteiger partial charge in [0.15, 0.2) is 11.5 Å². The molecule has 2 aromatic carbocycles. The molecule has 1 fully saturated rings. The molecule has 1 saturated heterocycles. The number of fused-ring (bicyclic) bond motifs is 1. The van der Waals surface area contributed by atoms with Gasteiger partial charge in [-0.3, -0.25) is 0 Å². The molecule has 2 heterocycles. The highest BCUT2D eigenvalue weighted by Gasteiger charge is 2.27. The van der Waals surface area contributed by atoms with E-state index in [4.69, 9.17) is 21.1 Å². The summed E-state index contributed by atoms with van der Waals surface area (Å²) in [6.45, 7) is -3.63. The Labute approximate surface area is 147 Å². The number of hydrogen-bond acceptors (Lipinski definition) is 4. The van der Waals surface area contributed by atoms with Crippen molar-refractivity contribution >= 4 is 0 Å². The number of piperidine rings is 1. The van der Waals surface area contributed by atoms with Crippen molar-refractivity contribution in [1.29, 1.82) is 0 Å². The molecule has 0 amide bonds. The van der Waals surface area contributed by atoms with E-state index in [1.807, 2.05) is 0 Å². The molecular formula is C19H20FNO3. The molecule has 0 spiro atoms. The Kier molecular flexibility index (Phi) is 2.95. The summed E-state index contributed by atoms with van der Waals surface area (Å²) in [6.07, 6.45) is -0.110. The maximum absolute atomic E-state index is 13.3. The van der Waals surface area contributed by atoms with Gasteiger partial charge in [-0.1, -0.05) is 12.1 Å². The van der Waals surface area contributed by atoms with Crippen LogP contribution in [0.5, 0.6) is 17.2 Å². The van der Waals surface area contributed by atoms with Gasteiger partial charge in [0.05, 0.1) is 6.61 Å². The zero-order chi connectivity index (χ0) is 20.9. The lowest BCUT2D eigenvalue weighted by atomic mass is 9.81. The Morgan fingerprint density at radius 2 is 2.04 bits per heavy atom. The topological polar surface area (TPSA) is 39.7 Å². The van der Waals surface area contributed by atoms with Gasteiger partial charge in [0.1, 0.15) is 14.3 Å². The van der Waals surface area contributed by atoms with Gasteiger partial charge in [0.25, 0.3) is 0 Å². The van der Waals surface area contributed by atoms with E-state index >= 15 is 0 Å². The van der Waals surface area contributed by atoms with Crippen molar-refractivity contribution in [2.45, 2.75) is 12.3 Å². The van der Waals surface area contributed by atoms with Gasteiger partial charge in [-0.05, 0) is 48.6 Å². The molecule has 2 aliphatic heterocycles. The third kappa shape index (κ3) is 3.17. The summed E-state index contributed by atoms with van der Waals surface area (Å²) < 4.78 is 69.3. The minimum absolute atomic E-state index is 0.108. The van der Waals surface area contributed by atoms with Crippen molar-refractivity contribution < 1.29 is 25.5 Å². The Bertz CT molecular complexity index is 911. The normalized spacial score (nSPS) is 32.7. The van der Waals surface area contributed by atoms with Crippen LogP contribution >= 0.6 is 0 Å². The predicted molar refractivity (Wildman–Crippen MR) is 88.2 cm³/mol. The van der Waals surface area contributed by atoms with E-state index in [0.717, 1.165) is 0 Å². The lowest BCUT2D eigenvalue weighted by molar-refractivity contribution is 0.173. The van der Waals surface area contributed by atoms with Gasteiger partial charge in [-0.2, -0.15) is 0 Å². The van der Waals surface area contributed by atoms with Gasteiger partial charge in [0.2, 0.25) is 6.75 Å². The van der Waals surface area contributed by atoms with E-state index in [9.17, 15) is 4.39 Å². The first-order valence-electron chi connectivity index (χ1n) is 10.2. The Morgan fingerprint density at radius 3 is 2.92 bits per heavy atom. The molecule has 2 atom stereocenters. The summed E-state index contributed by atoms with van der Waals surface area (Å²) in [6, 6.07) is 10.2. The Balaban J connectivity index is 1.53. The van der Waals surface area contributed by atoms with E-state index in [1.165, 1.54) is 30.3 Å². The highest BCUT2D eigenvalue weighted by molar-refractivity contribution is 5.46. The van der Waals surface area contributed by atoms with E-state index in [1.54, 1.807) is 12.1 Å². The number of benzene rings is 2. The molecule has 0 radical (unpaired) electrons. The summed E-state index contributed by atoms with van der Waals surface area (Å²) in [5, 5.41) is 2.80. The van der Waals surface area contributed by atoms with Crippen molar-refractivity contribution in [1.82, 2.24) is 5.32 Å². The number of halogens is 1. The number of rotatable bonds is 4. The van der Waals surface area contributed by atoms with E-state index in [0.29, 0.717) is 11.3 Å². The molecule has 4 rings (SSSR count). The fraction of sp³-hybridized carbons (Fsp3) is 0.368. The van der Waals surface area contributed by atoms with Crippen LogP contribution in [-0.2, 0) is 0 Å². The summed E-state index contributed by atoms with van der Waals surface area (Å²) in [5.41, 5.74) is 0.525. The summed E-state index contributed by atoms with van der Waals surface area (Å²) in [4.78, 5) is 0. The van der Waals surface area contributed by atoms with Gasteiger partial charge in [-0.25, -0.2) is 4.39 Å². The molecule has 0 aromatic heterocycles. The lowest BCUT2D eigenvalue weighted by Crippen LogP contribution is -2.38. The van der Waals surface area contributed by atoms with E-state index < -0.39 is 30.9 Å². The Hall–Kier alpha value is -2.27. The van der Waals surface area contributed by atoms with Crippen LogP contribution in [0.2, 0.25) is 0 Å². The third-order valence-electron chi connectivity index (χ3n) is 4.13. The second kappa shape index (κ2) is 6.69. The van der Waals surface area contributed by atoms with Gasteiger partial charge < -0.3 is 19.5 Å². The zero-order valence-electron chi connectivity index (χ0n) is 17.8. The molecule has 0 aliphatic carbocycles. The van der Waals surface area contributed by atoms with Crippen molar-refractivity contribution in [3.05, 3.63) is 53.8 Å². The maximum Gasteiger partial charge on any atom is 0.231 e. The molecule has 0 saturated carbocycles. The molecule has 5 heteroatoms. The highest BCUT2D eigenvalue weighted by atomic mass is 19.1. The van der Waals surface area contributed by atoms with Crippen molar-refractivity contribution in [2.24, 2.45) is 5.92 Å². The molecule has 24 heavy (non-hydrogen) atoms. The quantitative estimate of drug-likeness (QED) is 0.931. The van der Waals surface area contributed by atoms with Gasteiger partial charge >= 0.3 is 0 Å². The molecule has 126 valence electrons. The summed E-state index contributed by atoms with van der Waals surface area (Å²) in [5.74, 6) is -1.22. The number of nitrogens with one attached hydrogen (secondary N) is 1. The molecule has 2 aliphatic rings. The van der Waals surface area contributed by atoms with Gasteiger partial charge in [-0.15, -0.1) is 0 Å². The highest BCUT2D eigenvalue weighted by Crippen LogP contribution is 2.36. The standard InChI is InChI=1S/C19H20FNO3/c20-15-3-1-13(2-4-15)17-7-8-21-10-14(17)11-22-16-5-6-18-19(9-16)24-12-23-18/h1-6,9,14,17,21H,7-8,10-12H2/t14?,17-/m0/s1/i8D2,12D2,17D. The van der Waals surface area contributed by atoms with E-state index in [2.05, 4.69) is 5.32 Å². The molecule has 4 nitrogen and oxygen atoms in total. The van der Waals surface area contributed by atoms with Crippen LogP contribution in [0.15, 0.2) is 42.5 Å². The number of hydrogen-bond donors (Lipinski definition) is 1. The molecule has 0 bridgehead atoms. The predicted octanol–water partition coefficient (Wildman–Crippen LogP) is 3.33. The van der Waals surface area contributed by atoms with Crippen LogP contribution < -0.4 is 19.5 Å². The molecule has 2 aromatic rings. The smallest absolute Gasteiger partial charge is 0.231 e. The monoisotopic (exact) mass is 334 g/mol. The maximum atomic E-state index is 13.3. The summed E-state index contributed by atoms with van der Waals surface area (Å²) >= 11 is 0. The minimum atomic E-state index is -2.22. The second-order valence-electron chi connectivity index (χ2n) is 5.67. The van der Waals surface area contributed by atoms with E-state index in [-0.39, 0.29) is 31.1 Å². The first kappa shape index (κ1) is 10.6. The van der Waals surface area contributed by atoms with Crippen LogP contribution in [0.1, 0.15) is 24.7 Å². The molecular weight excluding hydrogens is 309 g/mol. The van der Waals surface area contributed by atoms with Crippen LogP contribution in [-0.4, -0.2) is 26.4 Å². The Morgan fingerprint density at radius 1 is 1.21 bits per heavy atom. The first-order valence-corrected chi connectivity index (χ1v) is 7.72. The number of ether oxygens (including phenoxy) is 3. The third-order valence-corrected chi connectivity index (χ3v) is 4.13. The fourth-order valence-electron chi connectivity index (χ4n) is 2.83. The molecule has 1 N–H and O–H groups in total. The van der Waals surface area contributed by atoms with Crippen LogP contribution in [0.25, 0.3) is 0 Å². The fourth-order valence-corrected chi connectivity index (χ4v) is 2.83. The largest absolute Gasteiger partial charge is 0.493 e. The second-order valence-corrected chi connectivity index (χ2v) is 5.67. The van der Waals surface area contributed by atoms with Crippen molar-refractivity contribution in [3.63, 3.8) is 0 Å². The zero-order valence-corrected chi connectivity index (χ0v) is 12.8. The van der Waals surface area contributed by atoms with Crippen LogP contribution in [0, 0.1) is 11.7 Å². The van der Waals surface area contributed by atoms with Crippen LogP contribution in [0.3, 0.4) is 0 Å². The average Bonchev–Trinajstić information content (AvgIpc) is 2.94. The van der Waals surface area contributed by atoms with Gasteiger partial charge in [0, 0.05) is 22.6 Å². The van der Waals surface area contributed by atoms with Crippen molar-refractivity contribution in [2.75, 3.05) is 26.4 Å². The lowest BCUT2D eigenvalue weighted by Gasteiger charge is -2.32. The molecule has 1 unspecified atom stereocenters. The van der Waals surface area contributed by atoms with Crippen LogP contribution in [0.4, 0.5) is 4.39 Å². The minimum Gasteiger partial charge on any atom is -0.493 e. The summed E-state index contributed by atoms with van der Waals surface area (Å²) in [7, 11) is 0. The first-order chi connectivity index (χ1) is 13.6. The average molecular weight is 334 g/mol.